The number of hydrogen-bond donors (Lipinski definition) is 1. The highest BCUT2D eigenvalue weighted by molar-refractivity contribution is 9.10. The van der Waals surface area contributed by atoms with Gasteiger partial charge in [-0.15, -0.1) is 0 Å². The summed E-state index contributed by atoms with van der Waals surface area (Å²) in [6.07, 6.45) is 3.97. The van der Waals surface area contributed by atoms with Gasteiger partial charge in [0.2, 0.25) is 0 Å². The van der Waals surface area contributed by atoms with Gasteiger partial charge in [0.15, 0.2) is 24.1 Å². The van der Waals surface area contributed by atoms with Gasteiger partial charge in [-0.25, -0.2) is 9.97 Å². The van der Waals surface area contributed by atoms with E-state index in [1.807, 2.05) is 42.4 Å². The number of carbonyl (C=O) groups excluding carboxylic acids is 1. The fraction of sp³-hybridized carbons (Fsp3) is 0.133. The van der Waals surface area contributed by atoms with Gasteiger partial charge in [0.05, 0.1) is 6.20 Å². The number of anilines is 3. The quantitative estimate of drug-likeness (QED) is 0.714. The molecule has 0 saturated carbocycles. The molecule has 0 saturated heterocycles. The standard InChI is InChI=1S/C15H12BrN5O/c1-20-5-4-9-6-10(2-3-11(9)20)21-13(8-22)19-14-15(21)18-12(16)7-17-14/h2-8,13H,1H3,(H,17,19). The number of nitrogens with one attached hydrogen (secondary N) is 1. The lowest BCUT2D eigenvalue weighted by Crippen LogP contribution is -2.33. The Hall–Kier alpha value is -2.41. The first kappa shape index (κ1) is 13.3. The molecule has 1 aliphatic heterocycles. The minimum Gasteiger partial charge on any atom is -0.351 e. The van der Waals surface area contributed by atoms with Crippen LogP contribution in [0.1, 0.15) is 0 Å². The number of fused-ring (bicyclic) bond motifs is 2. The van der Waals surface area contributed by atoms with Gasteiger partial charge in [-0.05, 0) is 40.2 Å². The van der Waals surface area contributed by atoms with Crippen molar-refractivity contribution in [2.45, 2.75) is 6.17 Å². The van der Waals surface area contributed by atoms with Crippen LogP contribution in [0.3, 0.4) is 0 Å². The van der Waals surface area contributed by atoms with E-state index in [-0.39, 0.29) is 0 Å². The number of rotatable bonds is 2. The van der Waals surface area contributed by atoms with Crippen LogP contribution in [0.25, 0.3) is 10.9 Å². The number of aromatic nitrogens is 3. The summed E-state index contributed by atoms with van der Waals surface area (Å²) in [5.74, 6) is 1.25. The molecule has 6 nitrogen and oxygen atoms in total. The first-order chi connectivity index (χ1) is 10.7. The molecule has 3 heterocycles. The van der Waals surface area contributed by atoms with E-state index in [1.165, 1.54) is 0 Å². The summed E-state index contributed by atoms with van der Waals surface area (Å²) < 4.78 is 2.69. The van der Waals surface area contributed by atoms with Crippen LogP contribution in [0.15, 0.2) is 41.3 Å². The van der Waals surface area contributed by atoms with E-state index in [2.05, 4.69) is 35.8 Å². The summed E-state index contributed by atoms with van der Waals surface area (Å²) in [7, 11) is 2.01. The highest BCUT2D eigenvalue weighted by Gasteiger charge is 2.32. The Morgan fingerprint density at radius 1 is 1.36 bits per heavy atom. The molecular formula is C15H12BrN5O. The maximum absolute atomic E-state index is 11.4. The van der Waals surface area contributed by atoms with Crippen molar-refractivity contribution < 1.29 is 4.79 Å². The third kappa shape index (κ3) is 1.89. The van der Waals surface area contributed by atoms with E-state index in [9.17, 15) is 4.79 Å². The van der Waals surface area contributed by atoms with E-state index >= 15 is 0 Å². The van der Waals surface area contributed by atoms with E-state index in [1.54, 1.807) is 6.20 Å². The second-order valence-corrected chi connectivity index (χ2v) is 5.94. The van der Waals surface area contributed by atoms with Gasteiger partial charge in [-0.2, -0.15) is 0 Å². The molecule has 0 aliphatic carbocycles. The number of benzene rings is 1. The molecule has 0 radical (unpaired) electrons. The maximum Gasteiger partial charge on any atom is 0.179 e. The van der Waals surface area contributed by atoms with E-state index in [4.69, 9.17) is 0 Å². The summed E-state index contributed by atoms with van der Waals surface area (Å²) in [5.41, 5.74) is 2.04. The number of carbonyl (C=O) groups is 1. The van der Waals surface area contributed by atoms with Crippen molar-refractivity contribution >= 4 is 50.4 Å². The Balaban J connectivity index is 1.88. The van der Waals surface area contributed by atoms with Crippen molar-refractivity contribution in [3.05, 3.63) is 41.3 Å². The Labute approximate surface area is 134 Å². The van der Waals surface area contributed by atoms with Gasteiger partial charge in [-0.1, -0.05) is 0 Å². The van der Waals surface area contributed by atoms with Gasteiger partial charge < -0.3 is 9.88 Å². The predicted octanol–water partition coefficient (Wildman–Crippen LogP) is 2.82. The van der Waals surface area contributed by atoms with Crippen LogP contribution in [0.2, 0.25) is 0 Å². The first-order valence-corrected chi connectivity index (χ1v) is 7.55. The molecule has 2 aromatic heterocycles. The Morgan fingerprint density at radius 3 is 3.05 bits per heavy atom. The summed E-state index contributed by atoms with van der Waals surface area (Å²) in [6.45, 7) is 0. The van der Waals surface area contributed by atoms with Crippen LogP contribution < -0.4 is 10.2 Å². The molecule has 0 bridgehead atoms. The van der Waals surface area contributed by atoms with Crippen molar-refractivity contribution in [2.75, 3.05) is 10.2 Å². The summed E-state index contributed by atoms with van der Waals surface area (Å²) in [6, 6.07) is 8.12. The average molecular weight is 358 g/mol. The molecule has 110 valence electrons. The minimum atomic E-state index is -0.509. The number of aryl methyl sites for hydroxylation is 1. The number of nitrogens with zero attached hydrogens (tertiary/aromatic N) is 4. The highest BCUT2D eigenvalue weighted by Crippen LogP contribution is 2.38. The summed E-state index contributed by atoms with van der Waals surface area (Å²) in [5, 5.41) is 4.18. The van der Waals surface area contributed by atoms with Crippen molar-refractivity contribution in [3.8, 4) is 0 Å². The number of halogens is 1. The van der Waals surface area contributed by atoms with Crippen molar-refractivity contribution in [2.24, 2.45) is 7.05 Å². The maximum atomic E-state index is 11.4. The molecule has 1 aromatic carbocycles. The average Bonchev–Trinajstić information content (AvgIpc) is 3.07. The summed E-state index contributed by atoms with van der Waals surface area (Å²) >= 11 is 3.33. The fourth-order valence-corrected chi connectivity index (χ4v) is 3.03. The molecule has 0 spiro atoms. The molecule has 4 rings (SSSR count). The molecule has 1 N–H and O–H groups in total. The molecule has 3 aromatic rings. The van der Waals surface area contributed by atoms with Crippen molar-refractivity contribution in [1.82, 2.24) is 14.5 Å². The molecule has 0 amide bonds. The monoisotopic (exact) mass is 357 g/mol. The Kier molecular flexibility index (Phi) is 2.90. The highest BCUT2D eigenvalue weighted by atomic mass is 79.9. The zero-order chi connectivity index (χ0) is 15.3. The zero-order valence-electron chi connectivity index (χ0n) is 11.7. The molecule has 22 heavy (non-hydrogen) atoms. The fourth-order valence-electron chi connectivity index (χ4n) is 2.76. The van der Waals surface area contributed by atoms with Crippen LogP contribution in [-0.2, 0) is 11.8 Å². The third-order valence-electron chi connectivity index (χ3n) is 3.79. The second kappa shape index (κ2) is 4.81. The SMILES string of the molecule is Cn1ccc2cc(N3c4nc(Br)cnc4NC3C=O)ccc21. The Morgan fingerprint density at radius 2 is 2.23 bits per heavy atom. The zero-order valence-corrected chi connectivity index (χ0v) is 13.3. The lowest BCUT2D eigenvalue weighted by molar-refractivity contribution is -0.108. The molecule has 1 atom stereocenters. The van der Waals surface area contributed by atoms with Gasteiger partial charge in [0.25, 0.3) is 0 Å². The molecular weight excluding hydrogens is 346 g/mol. The van der Waals surface area contributed by atoms with Gasteiger partial charge in [0, 0.05) is 29.8 Å². The van der Waals surface area contributed by atoms with Crippen molar-refractivity contribution in [3.63, 3.8) is 0 Å². The topological polar surface area (TPSA) is 63.1 Å². The first-order valence-electron chi connectivity index (χ1n) is 6.76. The van der Waals surface area contributed by atoms with Crippen LogP contribution in [0, 0.1) is 0 Å². The smallest absolute Gasteiger partial charge is 0.179 e. The number of aldehydes is 1. The van der Waals surface area contributed by atoms with Crippen molar-refractivity contribution in [1.29, 1.82) is 0 Å². The lowest BCUT2D eigenvalue weighted by atomic mass is 10.2. The molecule has 1 unspecified atom stereocenters. The molecule has 1 aliphatic rings. The predicted molar refractivity (Wildman–Crippen MR) is 88.3 cm³/mol. The Bertz CT molecular complexity index is 891. The normalized spacial score (nSPS) is 16.6. The van der Waals surface area contributed by atoms with E-state index in [0.29, 0.717) is 16.2 Å². The van der Waals surface area contributed by atoms with Crippen LogP contribution >= 0.6 is 15.9 Å². The molecule has 0 fully saturated rings. The van der Waals surface area contributed by atoms with Gasteiger partial charge in [-0.3, -0.25) is 9.69 Å². The second-order valence-electron chi connectivity index (χ2n) is 5.13. The largest absolute Gasteiger partial charge is 0.351 e. The lowest BCUT2D eigenvalue weighted by Gasteiger charge is -2.22. The summed E-state index contributed by atoms with van der Waals surface area (Å²) in [4.78, 5) is 22.0. The number of hydrogen-bond acceptors (Lipinski definition) is 5. The van der Waals surface area contributed by atoms with Crippen LogP contribution in [0.4, 0.5) is 17.3 Å². The van der Waals surface area contributed by atoms with Gasteiger partial charge in [0.1, 0.15) is 4.60 Å². The van der Waals surface area contributed by atoms with Gasteiger partial charge >= 0.3 is 0 Å². The van der Waals surface area contributed by atoms with Crippen LogP contribution in [0.5, 0.6) is 0 Å². The van der Waals surface area contributed by atoms with Crippen LogP contribution in [-0.4, -0.2) is 27.0 Å². The minimum absolute atomic E-state index is 0.509. The molecule has 7 heteroatoms. The van der Waals surface area contributed by atoms with E-state index < -0.39 is 6.17 Å². The van der Waals surface area contributed by atoms with E-state index in [0.717, 1.165) is 22.9 Å². The third-order valence-corrected chi connectivity index (χ3v) is 4.17.